The van der Waals surface area contributed by atoms with Crippen molar-refractivity contribution >= 4 is 11.5 Å². The van der Waals surface area contributed by atoms with Gasteiger partial charge in [0, 0.05) is 11.8 Å². The summed E-state index contributed by atoms with van der Waals surface area (Å²) in [6.07, 6.45) is 2.89. The van der Waals surface area contributed by atoms with Gasteiger partial charge in [-0.15, -0.1) is 0 Å². The Balaban J connectivity index is 3.04. The summed E-state index contributed by atoms with van der Waals surface area (Å²) < 4.78 is 0. The lowest BCUT2D eigenvalue weighted by Gasteiger charge is -2.31. The molecular weight excluding hydrogens is 234 g/mol. The first-order valence-corrected chi connectivity index (χ1v) is 5.98. The van der Waals surface area contributed by atoms with Crippen LogP contribution in [0.1, 0.15) is 32.3 Å². The summed E-state index contributed by atoms with van der Waals surface area (Å²) in [6.45, 7) is 5.52. The second-order valence-corrected chi connectivity index (χ2v) is 4.38. The summed E-state index contributed by atoms with van der Waals surface area (Å²) in [6, 6.07) is 1.41. The number of pyridine rings is 1. The third kappa shape index (κ3) is 2.95. The fourth-order valence-electron chi connectivity index (χ4n) is 1.74. The van der Waals surface area contributed by atoms with Gasteiger partial charge in [-0.25, -0.2) is 4.98 Å². The van der Waals surface area contributed by atoms with Crippen molar-refractivity contribution in [3.63, 3.8) is 0 Å². The van der Waals surface area contributed by atoms with Crippen molar-refractivity contribution in [2.45, 2.75) is 39.2 Å². The van der Waals surface area contributed by atoms with E-state index in [2.05, 4.69) is 10.3 Å². The Morgan fingerprint density at radius 2 is 2.11 bits per heavy atom. The van der Waals surface area contributed by atoms with Crippen LogP contribution in [0.4, 0.5) is 11.5 Å². The first kappa shape index (κ1) is 14.4. The molecule has 0 saturated heterocycles. The van der Waals surface area contributed by atoms with Crippen LogP contribution < -0.4 is 5.32 Å². The van der Waals surface area contributed by atoms with Crippen molar-refractivity contribution in [1.82, 2.24) is 4.98 Å². The molecule has 0 aliphatic heterocycles. The van der Waals surface area contributed by atoms with Gasteiger partial charge >= 0.3 is 0 Å². The van der Waals surface area contributed by atoms with Crippen molar-refractivity contribution in [3.05, 3.63) is 27.9 Å². The molecule has 0 aliphatic carbocycles. The third-order valence-electron chi connectivity index (χ3n) is 3.32. The van der Waals surface area contributed by atoms with Crippen molar-refractivity contribution in [1.29, 1.82) is 0 Å². The molecule has 1 heterocycles. The summed E-state index contributed by atoms with van der Waals surface area (Å²) in [5, 5.41) is 23.4. The van der Waals surface area contributed by atoms with Gasteiger partial charge in [0.2, 0.25) is 0 Å². The first-order valence-electron chi connectivity index (χ1n) is 5.98. The number of aryl methyl sites for hydroxylation is 1. The molecule has 1 aromatic heterocycles. The summed E-state index contributed by atoms with van der Waals surface area (Å²) in [5.74, 6) is 0.421. The molecule has 0 bridgehead atoms. The van der Waals surface area contributed by atoms with Crippen molar-refractivity contribution in [3.8, 4) is 0 Å². The number of aliphatic hydroxyl groups is 1. The highest BCUT2D eigenvalue weighted by molar-refractivity contribution is 5.50. The maximum absolute atomic E-state index is 10.8. The molecule has 0 amide bonds. The number of anilines is 1. The van der Waals surface area contributed by atoms with E-state index >= 15 is 0 Å². The van der Waals surface area contributed by atoms with Crippen LogP contribution in [-0.2, 0) is 0 Å². The Labute approximate surface area is 106 Å². The van der Waals surface area contributed by atoms with E-state index < -0.39 is 10.5 Å². The molecule has 100 valence electrons. The van der Waals surface area contributed by atoms with Gasteiger partial charge in [-0.3, -0.25) is 10.1 Å². The van der Waals surface area contributed by atoms with E-state index in [1.807, 2.05) is 13.8 Å². The second kappa shape index (κ2) is 5.77. The Hall–Kier alpha value is -1.69. The molecule has 0 aliphatic rings. The topological polar surface area (TPSA) is 88.3 Å². The molecule has 6 nitrogen and oxygen atoms in total. The van der Waals surface area contributed by atoms with E-state index in [-0.39, 0.29) is 12.3 Å². The number of nitrogens with one attached hydrogen (secondary N) is 1. The molecule has 0 aromatic carbocycles. The number of aliphatic hydroxyl groups excluding tert-OH is 1. The lowest BCUT2D eigenvalue weighted by molar-refractivity contribution is -0.385. The molecular formula is C12H19N3O3. The third-order valence-corrected chi connectivity index (χ3v) is 3.32. The smallest absolute Gasteiger partial charge is 0.277 e. The SMILES string of the molecule is CCC(CC)(CO)Nc1cc([N+](=O)[O-])c(C)cn1. The maximum Gasteiger partial charge on any atom is 0.277 e. The number of nitro groups is 1. The molecule has 0 saturated carbocycles. The first-order chi connectivity index (χ1) is 8.48. The molecule has 1 aromatic rings. The lowest BCUT2D eigenvalue weighted by atomic mass is 9.94. The molecule has 0 unspecified atom stereocenters. The largest absolute Gasteiger partial charge is 0.394 e. The number of aromatic nitrogens is 1. The highest BCUT2D eigenvalue weighted by Gasteiger charge is 2.26. The monoisotopic (exact) mass is 253 g/mol. The van der Waals surface area contributed by atoms with Crippen LogP contribution in [-0.4, -0.2) is 27.2 Å². The van der Waals surface area contributed by atoms with Gasteiger partial charge < -0.3 is 10.4 Å². The highest BCUT2D eigenvalue weighted by Crippen LogP contribution is 2.25. The Morgan fingerprint density at radius 1 is 1.50 bits per heavy atom. The molecule has 0 atom stereocenters. The van der Waals surface area contributed by atoms with Crippen LogP contribution in [0.5, 0.6) is 0 Å². The number of nitrogens with zero attached hydrogens (tertiary/aromatic N) is 2. The molecule has 0 fully saturated rings. The average Bonchev–Trinajstić information content (AvgIpc) is 2.38. The van der Waals surface area contributed by atoms with E-state index in [0.717, 1.165) is 0 Å². The molecule has 6 heteroatoms. The summed E-state index contributed by atoms with van der Waals surface area (Å²) in [5.41, 5.74) is 0.0792. The van der Waals surface area contributed by atoms with Gasteiger partial charge in [-0.05, 0) is 19.8 Å². The van der Waals surface area contributed by atoms with Crippen LogP contribution in [0.3, 0.4) is 0 Å². The summed E-state index contributed by atoms with van der Waals surface area (Å²) in [4.78, 5) is 14.5. The van der Waals surface area contributed by atoms with E-state index in [0.29, 0.717) is 24.2 Å². The quantitative estimate of drug-likeness (QED) is 0.599. The maximum atomic E-state index is 10.8. The second-order valence-electron chi connectivity index (χ2n) is 4.38. The van der Waals surface area contributed by atoms with Crippen molar-refractivity contribution in [2.24, 2.45) is 0 Å². The Bertz CT molecular complexity index is 422. The molecule has 1 rings (SSSR count). The van der Waals surface area contributed by atoms with Crippen LogP contribution in [0.25, 0.3) is 0 Å². The van der Waals surface area contributed by atoms with E-state index in [9.17, 15) is 15.2 Å². The van der Waals surface area contributed by atoms with Gasteiger partial charge in [0.1, 0.15) is 5.82 Å². The lowest BCUT2D eigenvalue weighted by Crippen LogP contribution is -2.41. The zero-order chi connectivity index (χ0) is 13.8. The van der Waals surface area contributed by atoms with Crippen molar-refractivity contribution in [2.75, 3.05) is 11.9 Å². The minimum Gasteiger partial charge on any atom is -0.394 e. The fourth-order valence-corrected chi connectivity index (χ4v) is 1.74. The van der Waals surface area contributed by atoms with Crippen LogP contribution in [0, 0.1) is 17.0 Å². The number of hydrogen-bond acceptors (Lipinski definition) is 5. The van der Waals surface area contributed by atoms with E-state index in [1.165, 1.54) is 12.3 Å². The predicted octanol–water partition coefficient (Wildman–Crippen LogP) is 2.26. The van der Waals surface area contributed by atoms with Gasteiger partial charge in [-0.2, -0.15) is 0 Å². The van der Waals surface area contributed by atoms with Crippen LogP contribution in [0.2, 0.25) is 0 Å². The summed E-state index contributed by atoms with van der Waals surface area (Å²) >= 11 is 0. The van der Waals surface area contributed by atoms with E-state index in [4.69, 9.17) is 0 Å². The van der Waals surface area contributed by atoms with Crippen LogP contribution in [0.15, 0.2) is 12.3 Å². The number of rotatable bonds is 6. The normalized spacial score (nSPS) is 11.3. The molecule has 0 spiro atoms. The Morgan fingerprint density at radius 3 is 2.56 bits per heavy atom. The Kier molecular flexibility index (Phi) is 4.61. The highest BCUT2D eigenvalue weighted by atomic mass is 16.6. The molecule has 0 radical (unpaired) electrons. The molecule has 2 N–H and O–H groups in total. The zero-order valence-electron chi connectivity index (χ0n) is 10.9. The number of hydrogen-bond donors (Lipinski definition) is 2. The minimum atomic E-state index is -0.476. The van der Waals surface area contributed by atoms with Gasteiger partial charge in [0.05, 0.1) is 23.1 Å². The van der Waals surface area contributed by atoms with Gasteiger partial charge in [-0.1, -0.05) is 13.8 Å². The van der Waals surface area contributed by atoms with E-state index in [1.54, 1.807) is 6.92 Å². The van der Waals surface area contributed by atoms with Crippen molar-refractivity contribution < 1.29 is 10.0 Å². The molecule has 18 heavy (non-hydrogen) atoms. The van der Waals surface area contributed by atoms with Gasteiger partial charge in [0.15, 0.2) is 0 Å². The average molecular weight is 253 g/mol. The van der Waals surface area contributed by atoms with Gasteiger partial charge in [0.25, 0.3) is 5.69 Å². The van der Waals surface area contributed by atoms with Crippen LogP contribution >= 0.6 is 0 Å². The standard InChI is InChI=1S/C12H19N3O3/c1-4-12(5-2,8-16)14-11-6-10(15(17)18)9(3)7-13-11/h6-7,16H,4-5,8H2,1-3H3,(H,13,14). The summed E-state index contributed by atoms with van der Waals surface area (Å²) in [7, 11) is 0. The predicted molar refractivity (Wildman–Crippen MR) is 69.6 cm³/mol. The zero-order valence-corrected chi connectivity index (χ0v) is 10.9. The fraction of sp³-hybridized carbons (Fsp3) is 0.583. The minimum absolute atomic E-state index is 0.0338.